The van der Waals surface area contributed by atoms with Gasteiger partial charge in [-0.2, -0.15) is 5.10 Å². The fourth-order valence-corrected chi connectivity index (χ4v) is 2.57. The lowest BCUT2D eigenvalue weighted by Crippen LogP contribution is -2.36. The Kier molecular flexibility index (Phi) is 3.65. The second-order valence-corrected chi connectivity index (χ2v) is 5.48. The van der Waals surface area contributed by atoms with Gasteiger partial charge < -0.3 is 5.32 Å². The average Bonchev–Trinajstić information content (AvgIpc) is 2.89. The second kappa shape index (κ2) is 5.57. The molecule has 1 heterocycles. The smallest absolute Gasteiger partial charge is 0.0645 e. The fourth-order valence-electron chi connectivity index (χ4n) is 2.57. The molecular formula is C16H21N3. The molecule has 1 aliphatic carbocycles. The van der Waals surface area contributed by atoms with E-state index in [1.54, 1.807) is 6.20 Å². The molecule has 1 atom stereocenters. The van der Waals surface area contributed by atoms with Crippen molar-refractivity contribution in [3.8, 4) is 5.69 Å². The lowest BCUT2D eigenvalue weighted by Gasteiger charge is -2.32. The SMILES string of the molecule is CC(NCc1ccc(-n2cccn2)cc1)C1CCC1. The number of hydrogen-bond acceptors (Lipinski definition) is 2. The van der Waals surface area contributed by atoms with Crippen LogP contribution in [0.4, 0.5) is 0 Å². The maximum absolute atomic E-state index is 4.23. The van der Waals surface area contributed by atoms with Gasteiger partial charge >= 0.3 is 0 Å². The lowest BCUT2D eigenvalue weighted by atomic mass is 9.80. The summed E-state index contributed by atoms with van der Waals surface area (Å²) in [5.41, 5.74) is 2.45. The van der Waals surface area contributed by atoms with Crippen LogP contribution in [0.1, 0.15) is 31.7 Å². The van der Waals surface area contributed by atoms with Crippen LogP contribution in [-0.2, 0) is 6.54 Å². The predicted molar refractivity (Wildman–Crippen MR) is 77.2 cm³/mol. The highest BCUT2D eigenvalue weighted by molar-refractivity contribution is 5.33. The van der Waals surface area contributed by atoms with Crippen molar-refractivity contribution in [2.24, 2.45) is 5.92 Å². The van der Waals surface area contributed by atoms with Gasteiger partial charge in [0, 0.05) is 25.0 Å². The largest absolute Gasteiger partial charge is 0.310 e. The molecule has 0 saturated heterocycles. The van der Waals surface area contributed by atoms with E-state index in [-0.39, 0.29) is 0 Å². The summed E-state index contributed by atoms with van der Waals surface area (Å²) in [4.78, 5) is 0. The van der Waals surface area contributed by atoms with Crippen molar-refractivity contribution in [2.75, 3.05) is 0 Å². The summed E-state index contributed by atoms with van der Waals surface area (Å²) in [6.07, 6.45) is 7.97. The van der Waals surface area contributed by atoms with Crippen LogP contribution in [0.25, 0.3) is 5.69 Å². The Labute approximate surface area is 114 Å². The van der Waals surface area contributed by atoms with Gasteiger partial charge in [0.1, 0.15) is 0 Å². The molecule has 3 rings (SSSR count). The molecular weight excluding hydrogens is 234 g/mol. The molecule has 1 saturated carbocycles. The summed E-state index contributed by atoms with van der Waals surface area (Å²) >= 11 is 0. The Hall–Kier alpha value is -1.61. The Bertz CT molecular complexity index is 497. The molecule has 1 fully saturated rings. The van der Waals surface area contributed by atoms with Gasteiger partial charge in [-0.1, -0.05) is 18.6 Å². The van der Waals surface area contributed by atoms with Crippen molar-refractivity contribution in [1.29, 1.82) is 0 Å². The lowest BCUT2D eigenvalue weighted by molar-refractivity contribution is 0.240. The van der Waals surface area contributed by atoms with E-state index in [1.165, 1.54) is 24.8 Å². The zero-order chi connectivity index (χ0) is 13.1. The standard InChI is InChI=1S/C16H21N3/c1-13(15-4-2-5-15)17-12-14-6-8-16(9-7-14)19-11-3-10-18-19/h3,6-11,13,15,17H,2,4-5,12H2,1H3. The van der Waals surface area contributed by atoms with E-state index in [4.69, 9.17) is 0 Å². The molecule has 100 valence electrons. The quantitative estimate of drug-likeness (QED) is 0.889. The van der Waals surface area contributed by atoms with Crippen molar-refractivity contribution < 1.29 is 0 Å². The minimum absolute atomic E-state index is 0.638. The first-order valence-corrected chi connectivity index (χ1v) is 7.15. The van der Waals surface area contributed by atoms with E-state index in [2.05, 4.69) is 41.6 Å². The molecule has 1 unspecified atom stereocenters. The molecule has 0 aliphatic heterocycles. The predicted octanol–water partition coefficient (Wildman–Crippen LogP) is 3.15. The van der Waals surface area contributed by atoms with E-state index in [1.807, 2.05) is 16.9 Å². The van der Waals surface area contributed by atoms with Crippen molar-refractivity contribution in [3.63, 3.8) is 0 Å². The number of hydrogen-bond donors (Lipinski definition) is 1. The number of nitrogens with one attached hydrogen (secondary N) is 1. The maximum atomic E-state index is 4.23. The van der Waals surface area contributed by atoms with Gasteiger partial charge in [-0.05, 0) is 49.4 Å². The van der Waals surface area contributed by atoms with Crippen molar-refractivity contribution in [2.45, 2.75) is 38.8 Å². The third-order valence-electron chi connectivity index (χ3n) is 4.19. The highest BCUT2D eigenvalue weighted by Gasteiger charge is 2.23. The van der Waals surface area contributed by atoms with Crippen LogP contribution >= 0.6 is 0 Å². The molecule has 0 amide bonds. The van der Waals surface area contributed by atoms with Crippen LogP contribution in [-0.4, -0.2) is 15.8 Å². The first kappa shape index (κ1) is 12.4. The summed E-state index contributed by atoms with van der Waals surface area (Å²) in [5.74, 6) is 0.892. The van der Waals surface area contributed by atoms with Gasteiger partial charge in [0.05, 0.1) is 5.69 Å². The molecule has 1 aromatic carbocycles. The normalized spacial score (nSPS) is 17.1. The highest BCUT2D eigenvalue weighted by Crippen LogP contribution is 2.29. The van der Waals surface area contributed by atoms with Crippen LogP contribution in [0.15, 0.2) is 42.7 Å². The minimum Gasteiger partial charge on any atom is -0.310 e. The number of nitrogens with zero attached hydrogens (tertiary/aromatic N) is 2. The summed E-state index contributed by atoms with van der Waals surface area (Å²) in [6.45, 7) is 3.26. The summed E-state index contributed by atoms with van der Waals surface area (Å²) < 4.78 is 1.88. The van der Waals surface area contributed by atoms with E-state index < -0.39 is 0 Å². The zero-order valence-corrected chi connectivity index (χ0v) is 11.4. The van der Waals surface area contributed by atoms with Crippen molar-refractivity contribution >= 4 is 0 Å². The Morgan fingerprint density at radius 3 is 2.68 bits per heavy atom. The Morgan fingerprint density at radius 2 is 2.11 bits per heavy atom. The van der Waals surface area contributed by atoms with Gasteiger partial charge in [0.25, 0.3) is 0 Å². The fraction of sp³-hybridized carbons (Fsp3) is 0.438. The van der Waals surface area contributed by atoms with Crippen LogP contribution in [0.2, 0.25) is 0 Å². The molecule has 2 aromatic rings. The van der Waals surface area contributed by atoms with Crippen molar-refractivity contribution in [3.05, 3.63) is 48.3 Å². The van der Waals surface area contributed by atoms with Crippen LogP contribution in [0, 0.1) is 5.92 Å². The van der Waals surface area contributed by atoms with Gasteiger partial charge in [0.15, 0.2) is 0 Å². The van der Waals surface area contributed by atoms with Crippen molar-refractivity contribution in [1.82, 2.24) is 15.1 Å². The molecule has 0 spiro atoms. The first-order chi connectivity index (χ1) is 9.33. The zero-order valence-electron chi connectivity index (χ0n) is 11.4. The summed E-state index contributed by atoms with van der Waals surface area (Å²) in [7, 11) is 0. The number of rotatable bonds is 5. The van der Waals surface area contributed by atoms with Gasteiger partial charge in [-0.3, -0.25) is 0 Å². The molecule has 3 heteroatoms. The summed E-state index contributed by atoms with van der Waals surface area (Å²) in [5, 5.41) is 7.87. The monoisotopic (exact) mass is 255 g/mol. The van der Waals surface area contributed by atoms with E-state index in [0.717, 1.165) is 18.2 Å². The minimum atomic E-state index is 0.638. The van der Waals surface area contributed by atoms with Gasteiger partial charge in [-0.15, -0.1) is 0 Å². The van der Waals surface area contributed by atoms with Crippen LogP contribution in [0.3, 0.4) is 0 Å². The molecule has 1 aliphatic rings. The Balaban J connectivity index is 1.57. The highest BCUT2D eigenvalue weighted by atomic mass is 15.3. The average molecular weight is 255 g/mol. The van der Waals surface area contributed by atoms with Crippen LogP contribution < -0.4 is 5.32 Å². The number of aromatic nitrogens is 2. The molecule has 1 N–H and O–H groups in total. The number of benzene rings is 1. The third-order valence-corrected chi connectivity index (χ3v) is 4.19. The molecule has 0 bridgehead atoms. The molecule has 3 nitrogen and oxygen atoms in total. The third kappa shape index (κ3) is 2.87. The molecule has 19 heavy (non-hydrogen) atoms. The summed E-state index contributed by atoms with van der Waals surface area (Å²) in [6, 6.07) is 11.2. The topological polar surface area (TPSA) is 29.9 Å². The van der Waals surface area contributed by atoms with Gasteiger partial charge in [0.2, 0.25) is 0 Å². The van der Waals surface area contributed by atoms with E-state index >= 15 is 0 Å². The van der Waals surface area contributed by atoms with Crippen LogP contribution in [0.5, 0.6) is 0 Å². The molecule has 0 radical (unpaired) electrons. The first-order valence-electron chi connectivity index (χ1n) is 7.15. The second-order valence-electron chi connectivity index (χ2n) is 5.48. The van der Waals surface area contributed by atoms with Gasteiger partial charge in [-0.25, -0.2) is 4.68 Å². The molecule has 1 aromatic heterocycles. The maximum Gasteiger partial charge on any atom is 0.0645 e. The van der Waals surface area contributed by atoms with E-state index in [0.29, 0.717) is 6.04 Å². The Morgan fingerprint density at radius 1 is 1.32 bits per heavy atom. The van der Waals surface area contributed by atoms with E-state index in [9.17, 15) is 0 Å².